The summed E-state index contributed by atoms with van der Waals surface area (Å²) in [5, 5.41) is 9.26. The Balaban J connectivity index is 1.65. The summed E-state index contributed by atoms with van der Waals surface area (Å²) in [6.07, 6.45) is 0. The third kappa shape index (κ3) is 4.74. The van der Waals surface area contributed by atoms with E-state index in [1.165, 1.54) is 12.1 Å². The zero-order valence-electron chi connectivity index (χ0n) is 17.8. The minimum Gasteiger partial charge on any atom is -0.480 e. The molecule has 0 bridgehead atoms. The molecule has 4 aromatic rings. The lowest BCUT2D eigenvalue weighted by Gasteiger charge is -2.21. The molecular formula is C25H21F2N3O3. The van der Waals surface area contributed by atoms with E-state index in [9.17, 15) is 23.5 Å². The molecule has 0 radical (unpaired) electrons. The molecule has 0 aliphatic heterocycles. The Kier molecular flexibility index (Phi) is 6.17. The fourth-order valence-electron chi connectivity index (χ4n) is 3.77. The lowest BCUT2D eigenvalue weighted by Crippen LogP contribution is -2.35. The third-order valence-electron chi connectivity index (χ3n) is 5.38. The monoisotopic (exact) mass is 449 g/mol. The maximum absolute atomic E-state index is 14.1. The lowest BCUT2D eigenvalue weighted by atomic mass is 10.1. The average Bonchev–Trinajstić information content (AvgIpc) is 3.10. The zero-order valence-corrected chi connectivity index (χ0v) is 17.8. The van der Waals surface area contributed by atoms with Crippen LogP contribution in [-0.2, 0) is 17.9 Å². The number of carbonyl (C=O) groups excluding carboxylic acids is 1. The van der Waals surface area contributed by atoms with Gasteiger partial charge in [-0.2, -0.15) is 0 Å². The number of carboxylic acids is 1. The van der Waals surface area contributed by atoms with Gasteiger partial charge in [0.05, 0.1) is 11.0 Å². The van der Waals surface area contributed by atoms with Crippen molar-refractivity contribution in [2.45, 2.75) is 20.0 Å². The van der Waals surface area contributed by atoms with Gasteiger partial charge in [0, 0.05) is 24.2 Å². The molecule has 0 saturated carbocycles. The number of hydrogen-bond acceptors (Lipinski definition) is 3. The van der Waals surface area contributed by atoms with Gasteiger partial charge in [-0.15, -0.1) is 0 Å². The molecule has 0 atom stereocenters. The van der Waals surface area contributed by atoms with Crippen LogP contribution in [0, 0.1) is 18.6 Å². The average molecular weight is 449 g/mol. The molecule has 0 fully saturated rings. The van der Waals surface area contributed by atoms with Crippen molar-refractivity contribution in [2.75, 3.05) is 6.54 Å². The van der Waals surface area contributed by atoms with Crippen LogP contribution in [0.3, 0.4) is 0 Å². The Morgan fingerprint density at radius 2 is 1.79 bits per heavy atom. The van der Waals surface area contributed by atoms with E-state index in [1.807, 2.05) is 41.8 Å². The molecule has 3 aromatic carbocycles. The summed E-state index contributed by atoms with van der Waals surface area (Å²) >= 11 is 0. The van der Waals surface area contributed by atoms with Crippen LogP contribution in [0.1, 0.15) is 27.3 Å². The lowest BCUT2D eigenvalue weighted by molar-refractivity contribution is -0.137. The smallest absolute Gasteiger partial charge is 0.323 e. The molecule has 6 nitrogen and oxygen atoms in total. The number of carboxylic acid groups (broad SMARTS) is 1. The second-order valence-corrected chi connectivity index (χ2v) is 7.70. The van der Waals surface area contributed by atoms with Crippen molar-refractivity contribution in [2.24, 2.45) is 0 Å². The van der Waals surface area contributed by atoms with Crippen molar-refractivity contribution in [3.05, 3.63) is 101 Å². The summed E-state index contributed by atoms with van der Waals surface area (Å²) < 4.78 is 29.7. The normalized spacial score (nSPS) is 11.0. The Morgan fingerprint density at radius 1 is 1.03 bits per heavy atom. The SMILES string of the molecule is Cc1nc2cc(C(=O)N(CC(=O)O)Cc3cccc(F)c3F)ccc2n1Cc1ccccc1. The highest BCUT2D eigenvalue weighted by Gasteiger charge is 2.22. The third-order valence-corrected chi connectivity index (χ3v) is 5.38. The highest BCUT2D eigenvalue weighted by Crippen LogP contribution is 2.21. The summed E-state index contributed by atoms with van der Waals surface area (Å²) in [5.41, 5.74) is 2.62. The summed E-state index contributed by atoms with van der Waals surface area (Å²) in [5.74, 6) is -3.27. The number of amides is 1. The molecule has 8 heteroatoms. The second-order valence-electron chi connectivity index (χ2n) is 7.70. The van der Waals surface area contributed by atoms with E-state index < -0.39 is 30.1 Å². The fraction of sp³-hybridized carbons (Fsp3) is 0.160. The number of benzene rings is 3. The first kappa shape index (κ1) is 22.1. The van der Waals surface area contributed by atoms with Gasteiger partial charge in [0.2, 0.25) is 0 Å². The van der Waals surface area contributed by atoms with Gasteiger partial charge in [-0.25, -0.2) is 13.8 Å². The molecule has 4 rings (SSSR count). The molecule has 0 aliphatic rings. The van der Waals surface area contributed by atoms with Gasteiger partial charge in [0.25, 0.3) is 5.91 Å². The van der Waals surface area contributed by atoms with Gasteiger partial charge in [0.15, 0.2) is 11.6 Å². The Bertz CT molecular complexity index is 1340. The number of nitrogens with zero attached hydrogens (tertiary/aromatic N) is 3. The first-order valence-corrected chi connectivity index (χ1v) is 10.3. The van der Waals surface area contributed by atoms with Gasteiger partial charge in [-0.1, -0.05) is 42.5 Å². The number of fused-ring (bicyclic) bond motifs is 1. The molecule has 33 heavy (non-hydrogen) atoms. The number of hydrogen-bond donors (Lipinski definition) is 1. The molecule has 0 unspecified atom stereocenters. The largest absolute Gasteiger partial charge is 0.480 e. The fourth-order valence-corrected chi connectivity index (χ4v) is 3.77. The second kappa shape index (κ2) is 9.20. The Morgan fingerprint density at radius 3 is 2.52 bits per heavy atom. The quantitative estimate of drug-likeness (QED) is 0.454. The zero-order chi connectivity index (χ0) is 23.5. The van der Waals surface area contributed by atoms with Crippen molar-refractivity contribution in [3.63, 3.8) is 0 Å². The van der Waals surface area contributed by atoms with Gasteiger partial charge in [0.1, 0.15) is 12.4 Å². The van der Waals surface area contributed by atoms with Crippen LogP contribution in [0.25, 0.3) is 11.0 Å². The highest BCUT2D eigenvalue weighted by atomic mass is 19.2. The van der Waals surface area contributed by atoms with E-state index in [-0.39, 0.29) is 17.7 Å². The summed E-state index contributed by atoms with van der Waals surface area (Å²) in [7, 11) is 0. The Hall–Kier alpha value is -4.07. The van der Waals surface area contributed by atoms with Crippen LogP contribution < -0.4 is 0 Å². The van der Waals surface area contributed by atoms with Crippen LogP contribution in [0.4, 0.5) is 8.78 Å². The summed E-state index contributed by atoms with van der Waals surface area (Å²) in [4.78, 5) is 30.0. The minimum absolute atomic E-state index is 0.103. The minimum atomic E-state index is -1.26. The van der Waals surface area contributed by atoms with Gasteiger partial charge < -0.3 is 14.6 Å². The van der Waals surface area contributed by atoms with Crippen LogP contribution in [0.2, 0.25) is 0 Å². The molecule has 1 amide bonds. The number of aryl methyl sites for hydroxylation is 1. The molecule has 1 aromatic heterocycles. The van der Waals surface area contributed by atoms with Crippen molar-refractivity contribution >= 4 is 22.9 Å². The van der Waals surface area contributed by atoms with Crippen LogP contribution in [0.15, 0.2) is 66.7 Å². The van der Waals surface area contributed by atoms with E-state index >= 15 is 0 Å². The van der Waals surface area contributed by atoms with Crippen LogP contribution in [-0.4, -0.2) is 38.0 Å². The predicted octanol–water partition coefficient (Wildman–Crippen LogP) is 4.40. The van der Waals surface area contributed by atoms with E-state index in [2.05, 4.69) is 4.98 Å². The number of aromatic nitrogens is 2. The van der Waals surface area contributed by atoms with E-state index in [0.29, 0.717) is 12.1 Å². The van der Waals surface area contributed by atoms with E-state index in [1.54, 1.807) is 18.2 Å². The first-order chi connectivity index (χ1) is 15.8. The van der Waals surface area contributed by atoms with Gasteiger partial charge in [-0.3, -0.25) is 9.59 Å². The van der Waals surface area contributed by atoms with Gasteiger partial charge >= 0.3 is 5.97 Å². The molecule has 0 saturated heterocycles. The van der Waals surface area contributed by atoms with Crippen molar-refractivity contribution in [1.29, 1.82) is 0 Å². The topological polar surface area (TPSA) is 75.4 Å². The van der Waals surface area contributed by atoms with Crippen molar-refractivity contribution in [1.82, 2.24) is 14.5 Å². The number of imidazole rings is 1. The molecule has 0 aliphatic carbocycles. The van der Waals surface area contributed by atoms with Crippen LogP contribution in [0.5, 0.6) is 0 Å². The number of rotatable bonds is 7. The maximum Gasteiger partial charge on any atom is 0.323 e. The van der Waals surface area contributed by atoms with Gasteiger partial charge in [-0.05, 0) is 36.8 Å². The molecule has 1 N–H and O–H groups in total. The van der Waals surface area contributed by atoms with Crippen molar-refractivity contribution in [3.8, 4) is 0 Å². The number of carbonyl (C=O) groups is 2. The molecule has 1 heterocycles. The molecular weight excluding hydrogens is 428 g/mol. The molecule has 0 spiro atoms. The standard InChI is InChI=1S/C25H21F2N3O3/c1-16-28-21-12-18(10-11-22(21)30(16)13-17-6-3-2-4-7-17)25(33)29(15-23(31)32)14-19-8-5-9-20(26)24(19)27/h2-12H,13-15H2,1H3,(H,31,32). The highest BCUT2D eigenvalue weighted by molar-refractivity contribution is 5.98. The first-order valence-electron chi connectivity index (χ1n) is 10.3. The van der Waals surface area contributed by atoms with Crippen molar-refractivity contribution < 1.29 is 23.5 Å². The number of aliphatic carboxylic acids is 1. The van der Waals surface area contributed by atoms with E-state index in [4.69, 9.17) is 0 Å². The maximum atomic E-state index is 14.1. The number of halogens is 2. The van der Waals surface area contributed by atoms with E-state index in [0.717, 1.165) is 27.9 Å². The summed E-state index contributed by atoms with van der Waals surface area (Å²) in [6.45, 7) is 1.44. The Labute approximate surface area is 188 Å². The predicted molar refractivity (Wildman–Crippen MR) is 119 cm³/mol. The van der Waals surface area contributed by atoms with Crippen LogP contribution >= 0.6 is 0 Å². The summed E-state index contributed by atoms with van der Waals surface area (Å²) in [6, 6.07) is 18.4. The molecule has 168 valence electrons.